The minimum Gasteiger partial charge on any atom is -0.446 e. The van der Waals surface area contributed by atoms with E-state index in [1.165, 1.54) is 0 Å². The van der Waals surface area contributed by atoms with Gasteiger partial charge in [0.05, 0.1) is 0 Å². The van der Waals surface area contributed by atoms with E-state index in [0.29, 0.717) is 24.2 Å². The predicted molar refractivity (Wildman–Crippen MR) is 85.5 cm³/mol. The van der Waals surface area contributed by atoms with Crippen LogP contribution in [0.5, 0.6) is 0 Å². The lowest BCUT2D eigenvalue weighted by Gasteiger charge is -2.38. The fourth-order valence-corrected chi connectivity index (χ4v) is 3.57. The van der Waals surface area contributed by atoms with Crippen LogP contribution in [0.4, 0.5) is 4.79 Å². The number of carbonyl (C=O) groups is 3. The van der Waals surface area contributed by atoms with Gasteiger partial charge in [-0.2, -0.15) is 0 Å². The number of imide groups is 1. The second kappa shape index (κ2) is 6.89. The van der Waals surface area contributed by atoms with Crippen LogP contribution in [0.3, 0.4) is 0 Å². The number of hydrogen-bond acceptors (Lipinski definition) is 4. The molecule has 4 atom stereocenters. The summed E-state index contributed by atoms with van der Waals surface area (Å²) < 4.78 is 5.66. The molecule has 6 nitrogen and oxygen atoms in total. The summed E-state index contributed by atoms with van der Waals surface area (Å²) in [5.41, 5.74) is -1.08. The van der Waals surface area contributed by atoms with Crippen LogP contribution in [0.25, 0.3) is 0 Å². The van der Waals surface area contributed by atoms with Gasteiger partial charge in [-0.15, -0.1) is 0 Å². The summed E-state index contributed by atoms with van der Waals surface area (Å²) in [7, 11) is 0. The maximum atomic E-state index is 12.3. The number of carbonyl (C=O) groups excluding carboxylic acids is 3. The number of nitrogens with one attached hydrogen (secondary N) is 2. The third-order valence-corrected chi connectivity index (χ3v) is 5.20. The molecule has 6 heteroatoms. The first kappa shape index (κ1) is 17.8. The quantitative estimate of drug-likeness (QED) is 0.781. The molecule has 1 saturated heterocycles. The van der Waals surface area contributed by atoms with Gasteiger partial charge in [-0.25, -0.2) is 4.79 Å². The maximum Gasteiger partial charge on any atom is 0.408 e. The average Bonchev–Trinajstić information content (AvgIpc) is 2.43. The summed E-state index contributed by atoms with van der Waals surface area (Å²) in [5.74, 6) is 0.568. The van der Waals surface area contributed by atoms with Crippen LogP contribution in [0.15, 0.2) is 0 Å². The van der Waals surface area contributed by atoms with Crippen LogP contribution in [0.2, 0.25) is 0 Å². The summed E-state index contributed by atoms with van der Waals surface area (Å²) in [6.45, 7) is 8.10. The van der Waals surface area contributed by atoms with Gasteiger partial charge in [0.25, 0.3) is 5.91 Å². The Morgan fingerprint density at radius 3 is 2.65 bits per heavy atom. The minimum absolute atomic E-state index is 0.115. The lowest BCUT2D eigenvalue weighted by Crippen LogP contribution is -2.61. The van der Waals surface area contributed by atoms with Crippen LogP contribution in [-0.4, -0.2) is 29.6 Å². The largest absolute Gasteiger partial charge is 0.446 e. The lowest BCUT2D eigenvalue weighted by molar-refractivity contribution is -0.138. The molecular formula is C17H28N2O4. The summed E-state index contributed by atoms with van der Waals surface area (Å²) >= 11 is 0. The van der Waals surface area contributed by atoms with Crippen molar-refractivity contribution < 1.29 is 19.1 Å². The number of ether oxygens (including phenoxy) is 1. The Morgan fingerprint density at radius 1 is 1.35 bits per heavy atom. The van der Waals surface area contributed by atoms with E-state index in [-0.39, 0.29) is 18.4 Å². The van der Waals surface area contributed by atoms with Crippen molar-refractivity contribution in [3.05, 3.63) is 0 Å². The molecule has 3 amide bonds. The highest BCUT2D eigenvalue weighted by molar-refractivity contribution is 6.03. The fourth-order valence-electron chi connectivity index (χ4n) is 3.57. The van der Waals surface area contributed by atoms with E-state index in [1.807, 2.05) is 0 Å². The Labute approximate surface area is 137 Å². The zero-order valence-corrected chi connectivity index (χ0v) is 14.5. The van der Waals surface area contributed by atoms with Crippen molar-refractivity contribution in [2.24, 2.45) is 17.8 Å². The molecule has 1 heterocycles. The van der Waals surface area contributed by atoms with Crippen molar-refractivity contribution in [3.63, 3.8) is 0 Å². The fraction of sp³-hybridized carbons (Fsp3) is 0.824. The first-order chi connectivity index (χ1) is 10.7. The topological polar surface area (TPSA) is 84.5 Å². The van der Waals surface area contributed by atoms with Crippen molar-refractivity contribution in [1.82, 2.24) is 10.6 Å². The van der Waals surface area contributed by atoms with Crippen molar-refractivity contribution >= 4 is 17.9 Å². The Hall–Kier alpha value is -1.59. The van der Waals surface area contributed by atoms with Gasteiger partial charge in [0.15, 0.2) is 0 Å². The number of rotatable bonds is 3. The average molecular weight is 324 g/mol. The molecule has 2 aliphatic rings. The molecule has 1 aliphatic carbocycles. The highest BCUT2D eigenvalue weighted by Gasteiger charge is 2.41. The number of hydrogen-bond donors (Lipinski definition) is 2. The molecular weight excluding hydrogens is 296 g/mol. The molecule has 2 fully saturated rings. The predicted octanol–water partition coefficient (Wildman–Crippen LogP) is 2.37. The molecule has 2 N–H and O–H groups in total. The van der Waals surface area contributed by atoms with E-state index in [2.05, 4.69) is 31.4 Å². The number of amides is 3. The summed E-state index contributed by atoms with van der Waals surface area (Å²) in [5, 5.41) is 4.93. The normalized spacial score (nSPS) is 34.9. The number of piperidine rings is 1. The molecule has 1 aliphatic heterocycles. The van der Waals surface area contributed by atoms with E-state index < -0.39 is 17.5 Å². The van der Waals surface area contributed by atoms with Crippen LogP contribution >= 0.6 is 0 Å². The number of alkyl carbamates (subject to hydrolysis) is 1. The second-order valence-electron chi connectivity index (χ2n) is 7.60. The van der Waals surface area contributed by atoms with Gasteiger partial charge in [-0.1, -0.05) is 27.2 Å². The van der Waals surface area contributed by atoms with Gasteiger partial charge in [0, 0.05) is 6.42 Å². The van der Waals surface area contributed by atoms with Crippen molar-refractivity contribution in [2.75, 3.05) is 0 Å². The molecule has 2 rings (SSSR count). The van der Waals surface area contributed by atoms with E-state index in [4.69, 9.17) is 4.74 Å². The Morgan fingerprint density at radius 2 is 2.04 bits per heavy atom. The molecule has 1 saturated carbocycles. The van der Waals surface area contributed by atoms with Crippen molar-refractivity contribution in [2.45, 2.75) is 71.4 Å². The Kier molecular flexibility index (Phi) is 5.32. The molecule has 0 aromatic carbocycles. The SMILES string of the molecule is CC1CCC(C(C)C)C(OC(=O)NC2(C)CCC(=O)NC2=O)C1. The molecule has 0 bridgehead atoms. The summed E-state index contributed by atoms with van der Waals surface area (Å²) in [6.07, 6.45) is 2.91. The monoisotopic (exact) mass is 324 g/mol. The molecule has 130 valence electrons. The molecule has 0 spiro atoms. The van der Waals surface area contributed by atoms with E-state index in [9.17, 15) is 14.4 Å². The molecule has 0 aromatic heterocycles. The van der Waals surface area contributed by atoms with Gasteiger partial charge in [-0.05, 0) is 43.9 Å². The first-order valence-electron chi connectivity index (χ1n) is 8.54. The minimum atomic E-state index is -1.08. The van der Waals surface area contributed by atoms with Crippen LogP contribution in [-0.2, 0) is 14.3 Å². The molecule has 23 heavy (non-hydrogen) atoms. The first-order valence-corrected chi connectivity index (χ1v) is 8.54. The highest BCUT2D eigenvalue weighted by atomic mass is 16.6. The second-order valence-corrected chi connectivity index (χ2v) is 7.60. The van der Waals surface area contributed by atoms with Crippen LogP contribution in [0, 0.1) is 17.8 Å². The lowest BCUT2D eigenvalue weighted by atomic mass is 9.75. The smallest absolute Gasteiger partial charge is 0.408 e. The molecule has 0 aromatic rings. The maximum absolute atomic E-state index is 12.3. The third-order valence-electron chi connectivity index (χ3n) is 5.20. The van der Waals surface area contributed by atoms with E-state index in [1.54, 1.807) is 6.92 Å². The standard InChI is InChI=1S/C17H28N2O4/c1-10(2)12-6-5-11(3)9-13(12)23-16(22)19-17(4)8-7-14(20)18-15(17)21/h10-13H,5-9H2,1-4H3,(H,19,22)(H,18,20,21). The molecule has 0 radical (unpaired) electrons. The van der Waals surface area contributed by atoms with Gasteiger partial charge in [0.1, 0.15) is 11.6 Å². The van der Waals surface area contributed by atoms with Crippen LogP contribution in [0.1, 0.15) is 59.8 Å². The third kappa shape index (κ3) is 4.24. The van der Waals surface area contributed by atoms with Gasteiger partial charge in [0.2, 0.25) is 5.91 Å². The Bertz CT molecular complexity index is 491. The van der Waals surface area contributed by atoms with Crippen LogP contribution < -0.4 is 10.6 Å². The van der Waals surface area contributed by atoms with E-state index in [0.717, 1.165) is 19.3 Å². The zero-order chi connectivity index (χ0) is 17.2. The van der Waals surface area contributed by atoms with Crippen molar-refractivity contribution in [1.29, 1.82) is 0 Å². The van der Waals surface area contributed by atoms with Gasteiger partial charge < -0.3 is 10.1 Å². The van der Waals surface area contributed by atoms with E-state index >= 15 is 0 Å². The zero-order valence-electron chi connectivity index (χ0n) is 14.5. The summed E-state index contributed by atoms with van der Waals surface area (Å²) in [4.78, 5) is 35.5. The van der Waals surface area contributed by atoms with Crippen molar-refractivity contribution in [3.8, 4) is 0 Å². The van der Waals surface area contributed by atoms with Gasteiger partial charge >= 0.3 is 6.09 Å². The molecule has 4 unspecified atom stereocenters. The summed E-state index contributed by atoms with van der Waals surface area (Å²) in [6, 6.07) is 0. The van der Waals surface area contributed by atoms with Gasteiger partial charge in [-0.3, -0.25) is 14.9 Å². The Balaban J connectivity index is 1.97. The highest BCUT2D eigenvalue weighted by Crippen LogP contribution is 2.35.